The molecular formula is C17H21NO4. The third-order valence-electron chi connectivity index (χ3n) is 4.00. The standard InChI is InChI=1S/C17H21NO4/c1-11(17(21)22)18-16(20)9-8-15(19)14-7-6-12-4-2-3-5-13(12)10-14/h6-7,10-11H,2-5,8-9H2,1H3,(H,18,20)(H,21,22). The quantitative estimate of drug-likeness (QED) is 0.788. The van der Waals surface area contributed by atoms with E-state index in [1.54, 1.807) is 0 Å². The van der Waals surface area contributed by atoms with Crippen molar-refractivity contribution in [3.8, 4) is 0 Å². The summed E-state index contributed by atoms with van der Waals surface area (Å²) in [6.07, 6.45) is 4.53. The Balaban J connectivity index is 1.90. The Morgan fingerprint density at radius 3 is 2.50 bits per heavy atom. The van der Waals surface area contributed by atoms with E-state index in [2.05, 4.69) is 5.32 Å². The first-order chi connectivity index (χ1) is 10.5. The average molecular weight is 303 g/mol. The monoisotopic (exact) mass is 303 g/mol. The van der Waals surface area contributed by atoms with Crippen LogP contribution in [0.4, 0.5) is 0 Å². The maximum absolute atomic E-state index is 12.2. The van der Waals surface area contributed by atoms with Crippen molar-refractivity contribution < 1.29 is 19.5 Å². The van der Waals surface area contributed by atoms with Gasteiger partial charge in [-0.2, -0.15) is 0 Å². The summed E-state index contributed by atoms with van der Waals surface area (Å²) in [6.45, 7) is 1.39. The van der Waals surface area contributed by atoms with Crippen molar-refractivity contribution >= 4 is 17.7 Å². The van der Waals surface area contributed by atoms with Gasteiger partial charge in [0.25, 0.3) is 0 Å². The molecular weight excluding hydrogens is 282 g/mol. The summed E-state index contributed by atoms with van der Waals surface area (Å²) in [4.78, 5) is 34.4. The number of carboxylic acid groups (broad SMARTS) is 1. The second-order valence-corrected chi connectivity index (χ2v) is 5.74. The van der Waals surface area contributed by atoms with Crippen molar-refractivity contribution in [2.24, 2.45) is 0 Å². The number of hydrogen-bond donors (Lipinski definition) is 2. The van der Waals surface area contributed by atoms with Gasteiger partial charge in [-0.25, -0.2) is 0 Å². The molecule has 0 bridgehead atoms. The maximum atomic E-state index is 12.2. The van der Waals surface area contributed by atoms with E-state index in [0.717, 1.165) is 19.3 Å². The molecule has 2 rings (SSSR count). The predicted molar refractivity (Wildman–Crippen MR) is 81.9 cm³/mol. The Kier molecular flexibility index (Phi) is 5.31. The van der Waals surface area contributed by atoms with Gasteiger partial charge in [0.2, 0.25) is 5.91 Å². The molecule has 1 unspecified atom stereocenters. The second kappa shape index (κ2) is 7.20. The highest BCUT2D eigenvalue weighted by molar-refractivity contribution is 5.98. The summed E-state index contributed by atoms with van der Waals surface area (Å²) in [5, 5.41) is 11.1. The third kappa shape index (κ3) is 4.16. The highest BCUT2D eigenvalue weighted by Crippen LogP contribution is 2.22. The Morgan fingerprint density at radius 1 is 1.14 bits per heavy atom. The zero-order valence-corrected chi connectivity index (χ0v) is 12.7. The van der Waals surface area contributed by atoms with Crippen molar-refractivity contribution in [2.75, 3.05) is 0 Å². The summed E-state index contributed by atoms with van der Waals surface area (Å²) in [7, 11) is 0. The van der Waals surface area contributed by atoms with Crippen LogP contribution in [-0.4, -0.2) is 28.8 Å². The number of amides is 1. The van der Waals surface area contributed by atoms with Crippen LogP contribution in [0.1, 0.15) is 54.1 Å². The second-order valence-electron chi connectivity index (χ2n) is 5.74. The third-order valence-corrected chi connectivity index (χ3v) is 4.00. The number of carbonyl (C=O) groups excluding carboxylic acids is 2. The lowest BCUT2D eigenvalue weighted by molar-refractivity contribution is -0.141. The SMILES string of the molecule is CC(NC(=O)CCC(=O)c1ccc2c(c1)CCCC2)C(=O)O. The minimum absolute atomic E-state index is 0.00748. The number of benzene rings is 1. The smallest absolute Gasteiger partial charge is 0.325 e. The normalized spacial score (nSPS) is 14.8. The summed E-state index contributed by atoms with van der Waals surface area (Å²) >= 11 is 0. The van der Waals surface area contributed by atoms with Crippen LogP contribution >= 0.6 is 0 Å². The highest BCUT2D eigenvalue weighted by atomic mass is 16.4. The van der Waals surface area contributed by atoms with E-state index in [0.29, 0.717) is 5.56 Å². The first-order valence-electron chi connectivity index (χ1n) is 7.64. The number of carboxylic acids is 1. The molecule has 0 saturated heterocycles. The number of fused-ring (bicyclic) bond motifs is 1. The van der Waals surface area contributed by atoms with Gasteiger partial charge in [0.1, 0.15) is 6.04 Å². The molecule has 1 aromatic rings. The molecule has 1 aliphatic carbocycles. The van der Waals surface area contributed by atoms with Gasteiger partial charge in [-0.3, -0.25) is 14.4 Å². The molecule has 0 saturated carbocycles. The molecule has 22 heavy (non-hydrogen) atoms. The fourth-order valence-electron chi connectivity index (χ4n) is 2.65. The minimum Gasteiger partial charge on any atom is -0.480 e. The summed E-state index contributed by atoms with van der Waals surface area (Å²) < 4.78 is 0. The van der Waals surface area contributed by atoms with Crippen LogP contribution < -0.4 is 5.32 Å². The number of ketones is 1. The van der Waals surface area contributed by atoms with Crippen LogP contribution in [-0.2, 0) is 22.4 Å². The molecule has 0 radical (unpaired) electrons. The van der Waals surface area contributed by atoms with Crippen molar-refractivity contribution in [3.63, 3.8) is 0 Å². The lowest BCUT2D eigenvalue weighted by atomic mass is 9.89. The largest absolute Gasteiger partial charge is 0.480 e. The molecule has 2 N–H and O–H groups in total. The zero-order chi connectivity index (χ0) is 16.1. The molecule has 1 amide bonds. The van der Waals surface area contributed by atoms with Gasteiger partial charge >= 0.3 is 5.97 Å². The van der Waals surface area contributed by atoms with Gasteiger partial charge < -0.3 is 10.4 Å². The zero-order valence-electron chi connectivity index (χ0n) is 12.7. The Morgan fingerprint density at radius 2 is 1.82 bits per heavy atom. The molecule has 5 heteroatoms. The number of aryl methyl sites for hydroxylation is 2. The number of aliphatic carboxylic acids is 1. The van der Waals surface area contributed by atoms with E-state index in [-0.39, 0.29) is 18.6 Å². The Hall–Kier alpha value is -2.17. The van der Waals surface area contributed by atoms with E-state index in [1.165, 1.54) is 24.5 Å². The first kappa shape index (κ1) is 16.2. The lowest BCUT2D eigenvalue weighted by Gasteiger charge is -2.16. The van der Waals surface area contributed by atoms with E-state index < -0.39 is 17.9 Å². The summed E-state index contributed by atoms with van der Waals surface area (Å²) in [5.41, 5.74) is 3.19. The van der Waals surface area contributed by atoms with Crippen LogP contribution in [0.25, 0.3) is 0 Å². The van der Waals surface area contributed by atoms with Crippen LogP contribution in [0.15, 0.2) is 18.2 Å². The van der Waals surface area contributed by atoms with Crippen LogP contribution in [0.3, 0.4) is 0 Å². The lowest BCUT2D eigenvalue weighted by Crippen LogP contribution is -2.38. The molecule has 0 heterocycles. The number of Topliss-reactive ketones (excluding diaryl/α,β-unsaturated/α-hetero) is 1. The fraction of sp³-hybridized carbons (Fsp3) is 0.471. The molecule has 0 spiro atoms. The number of hydrogen-bond acceptors (Lipinski definition) is 3. The Labute approximate surface area is 129 Å². The Bertz CT molecular complexity index is 594. The molecule has 0 aromatic heterocycles. The van der Waals surface area contributed by atoms with Gasteiger partial charge in [0.15, 0.2) is 5.78 Å². The highest BCUT2D eigenvalue weighted by Gasteiger charge is 2.16. The van der Waals surface area contributed by atoms with Gasteiger partial charge in [0.05, 0.1) is 0 Å². The van der Waals surface area contributed by atoms with Gasteiger partial charge in [0, 0.05) is 18.4 Å². The number of nitrogens with one attached hydrogen (secondary N) is 1. The maximum Gasteiger partial charge on any atom is 0.325 e. The summed E-state index contributed by atoms with van der Waals surface area (Å²) in [5.74, 6) is -1.58. The summed E-state index contributed by atoms with van der Waals surface area (Å²) in [6, 6.07) is 4.83. The van der Waals surface area contributed by atoms with Crippen LogP contribution in [0.5, 0.6) is 0 Å². The van der Waals surface area contributed by atoms with Crippen molar-refractivity contribution in [2.45, 2.75) is 51.5 Å². The van der Waals surface area contributed by atoms with Crippen LogP contribution in [0.2, 0.25) is 0 Å². The number of carbonyl (C=O) groups is 3. The molecule has 1 aliphatic rings. The van der Waals surface area contributed by atoms with E-state index in [9.17, 15) is 14.4 Å². The van der Waals surface area contributed by atoms with E-state index in [4.69, 9.17) is 5.11 Å². The topological polar surface area (TPSA) is 83.5 Å². The molecule has 0 aliphatic heterocycles. The van der Waals surface area contributed by atoms with Crippen molar-refractivity contribution in [1.82, 2.24) is 5.32 Å². The van der Waals surface area contributed by atoms with Crippen molar-refractivity contribution in [3.05, 3.63) is 34.9 Å². The molecule has 0 fully saturated rings. The van der Waals surface area contributed by atoms with Gasteiger partial charge in [-0.05, 0) is 49.8 Å². The van der Waals surface area contributed by atoms with Gasteiger partial charge in [-0.1, -0.05) is 12.1 Å². The molecule has 5 nitrogen and oxygen atoms in total. The molecule has 118 valence electrons. The number of rotatable bonds is 6. The van der Waals surface area contributed by atoms with Crippen LogP contribution in [0, 0.1) is 0 Å². The molecule has 1 atom stereocenters. The first-order valence-corrected chi connectivity index (χ1v) is 7.64. The van der Waals surface area contributed by atoms with Gasteiger partial charge in [-0.15, -0.1) is 0 Å². The van der Waals surface area contributed by atoms with E-state index in [1.807, 2.05) is 18.2 Å². The molecule has 1 aromatic carbocycles. The minimum atomic E-state index is -1.09. The fourth-order valence-corrected chi connectivity index (χ4v) is 2.65. The van der Waals surface area contributed by atoms with Crippen molar-refractivity contribution in [1.29, 1.82) is 0 Å². The van der Waals surface area contributed by atoms with E-state index >= 15 is 0 Å². The predicted octanol–water partition coefficient (Wildman–Crippen LogP) is 2.12. The average Bonchev–Trinajstić information content (AvgIpc) is 2.52.